The fourth-order valence-corrected chi connectivity index (χ4v) is 8.32. The van der Waals surface area contributed by atoms with Gasteiger partial charge in [-0.15, -0.1) is 11.8 Å². The van der Waals surface area contributed by atoms with Gasteiger partial charge in [0.05, 0.1) is 16.7 Å². The van der Waals surface area contributed by atoms with Gasteiger partial charge < -0.3 is 0 Å². The summed E-state index contributed by atoms with van der Waals surface area (Å²) in [5.41, 5.74) is 10.6. The third kappa shape index (κ3) is 4.00. The minimum Gasteiger partial charge on any atom is -0.292 e. The number of benzene rings is 6. The predicted molar refractivity (Wildman–Crippen MR) is 186 cm³/mol. The van der Waals surface area contributed by atoms with Crippen molar-refractivity contribution in [1.29, 1.82) is 0 Å². The number of rotatable bonds is 4. The van der Waals surface area contributed by atoms with Gasteiger partial charge in [0.2, 0.25) is 0 Å². The van der Waals surface area contributed by atoms with E-state index in [0.717, 1.165) is 22.5 Å². The standard InChI is InChI=1S/C41H28N2S/c1-3-12-27(13-4-1)30-23-24-36(35(26-30)28-14-5-2-6-15-28)43-37-25-22-29-16-7-8-17-31(29)39(37)42-41(43)34-20-11-19-33-32-18-9-10-21-38(32)44-40(33)34/h1-26,32,38H. The van der Waals surface area contributed by atoms with Gasteiger partial charge in [-0.2, -0.15) is 0 Å². The number of fused-ring (bicyclic) bond motifs is 6. The highest BCUT2D eigenvalue weighted by molar-refractivity contribution is 8.00. The Morgan fingerprint density at radius 1 is 0.591 bits per heavy atom. The zero-order chi connectivity index (χ0) is 29.0. The fraction of sp³-hybridized carbons (Fsp3) is 0.0488. The summed E-state index contributed by atoms with van der Waals surface area (Å²) in [4.78, 5) is 6.85. The van der Waals surface area contributed by atoms with Crippen LogP contribution in [0.5, 0.6) is 0 Å². The molecule has 0 N–H and O–H groups in total. The Morgan fingerprint density at radius 2 is 1.36 bits per heavy atom. The van der Waals surface area contributed by atoms with Crippen molar-refractivity contribution in [2.45, 2.75) is 16.1 Å². The van der Waals surface area contributed by atoms with Crippen LogP contribution < -0.4 is 0 Å². The lowest BCUT2D eigenvalue weighted by Crippen LogP contribution is -2.06. The molecule has 0 saturated carbocycles. The second-order valence-electron chi connectivity index (χ2n) is 11.5. The molecule has 7 aromatic rings. The molecule has 9 rings (SSSR count). The molecule has 2 heterocycles. The quantitative estimate of drug-likeness (QED) is 0.206. The van der Waals surface area contributed by atoms with Gasteiger partial charge in [-0.05, 0) is 45.8 Å². The minimum absolute atomic E-state index is 0.392. The molecule has 0 spiro atoms. The van der Waals surface area contributed by atoms with Crippen molar-refractivity contribution in [2.75, 3.05) is 0 Å². The van der Waals surface area contributed by atoms with Crippen LogP contribution in [0.1, 0.15) is 11.5 Å². The van der Waals surface area contributed by atoms with Crippen molar-refractivity contribution < 1.29 is 0 Å². The molecule has 2 nitrogen and oxygen atoms in total. The van der Waals surface area contributed by atoms with E-state index in [-0.39, 0.29) is 0 Å². The van der Waals surface area contributed by atoms with E-state index in [1.807, 2.05) is 11.8 Å². The average Bonchev–Trinajstić information content (AvgIpc) is 3.68. The second-order valence-corrected chi connectivity index (χ2v) is 12.7. The lowest BCUT2D eigenvalue weighted by Gasteiger charge is -2.18. The van der Waals surface area contributed by atoms with Crippen LogP contribution in [-0.2, 0) is 0 Å². The predicted octanol–water partition coefficient (Wildman–Crippen LogP) is 10.9. The molecule has 0 bridgehead atoms. The Balaban J connectivity index is 1.36. The molecule has 0 saturated heterocycles. The first-order chi connectivity index (χ1) is 21.8. The Kier molecular flexibility index (Phi) is 5.92. The number of allylic oxidation sites excluding steroid dienone is 3. The molecule has 0 radical (unpaired) electrons. The lowest BCUT2D eigenvalue weighted by molar-refractivity contribution is 0.880. The Hall–Kier alpha value is -5.12. The lowest BCUT2D eigenvalue weighted by atomic mass is 9.91. The zero-order valence-electron chi connectivity index (χ0n) is 24.0. The van der Waals surface area contributed by atoms with E-state index in [1.54, 1.807) is 0 Å². The van der Waals surface area contributed by atoms with E-state index >= 15 is 0 Å². The van der Waals surface area contributed by atoms with Crippen LogP contribution in [0.25, 0.3) is 61.1 Å². The maximum atomic E-state index is 5.51. The second kappa shape index (κ2) is 10.3. The van der Waals surface area contributed by atoms with Gasteiger partial charge in [-0.3, -0.25) is 4.57 Å². The molecule has 1 aliphatic carbocycles. The first-order valence-corrected chi connectivity index (χ1v) is 16.0. The molecule has 1 aliphatic heterocycles. The van der Waals surface area contributed by atoms with Crippen LogP contribution in [0.15, 0.2) is 163 Å². The molecule has 2 unspecified atom stereocenters. The normalized spacial score (nSPS) is 16.8. The SMILES string of the molecule is C1=CC2Sc3c(-c4nc5c6ccccc6ccc5n4-c4ccc(-c5ccccc5)cc4-c4ccccc4)cccc3C2C=C1. The maximum Gasteiger partial charge on any atom is 0.146 e. The van der Waals surface area contributed by atoms with Crippen LogP contribution in [0.4, 0.5) is 0 Å². The van der Waals surface area contributed by atoms with Crippen LogP contribution in [0.2, 0.25) is 0 Å². The molecule has 208 valence electrons. The van der Waals surface area contributed by atoms with E-state index in [2.05, 4.69) is 162 Å². The van der Waals surface area contributed by atoms with Crippen molar-refractivity contribution in [1.82, 2.24) is 9.55 Å². The molecular weight excluding hydrogens is 553 g/mol. The molecule has 44 heavy (non-hydrogen) atoms. The van der Waals surface area contributed by atoms with Crippen molar-refractivity contribution in [2.24, 2.45) is 0 Å². The van der Waals surface area contributed by atoms with Gasteiger partial charge in [0.15, 0.2) is 0 Å². The highest BCUT2D eigenvalue weighted by Crippen LogP contribution is 2.52. The fourth-order valence-electron chi connectivity index (χ4n) is 6.87. The van der Waals surface area contributed by atoms with Crippen LogP contribution in [-0.4, -0.2) is 14.8 Å². The van der Waals surface area contributed by atoms with Crippen molar-refractivity contribution in [3.8, 4) is 39.3 Å². The molecule has 2 aliphatic rings. The van der Waals surface area contributed by atoms with Gasteiger partial charge in [0, 0.05) is 32.6 Å². The number of thioether (sulfide) groups is 1. The zero-order valence-corrected chi connectivity index (χ0v) is 24.8. The maximum absolute atomic E-state index is 5.51. The largest absolute Gasteiger partial charge is 0.292 e. The van der Waals surface area contributed by atoms with Gasteiger partial charge >= 0.3 is 0 Å². The highest BCUT2D eigenvalue weighted by Gasteiger charge is 2.34. The van der Waals surface area contributed by atoms with Crippen LogP contribution in [0.3, 0.4) is 0 Å². The Bertz CT molecular complexity index is 2260. The summed E-state index contributed by atoms with van der Waals surface area (Å²) in [5, 5.41) is 2.79. The summed E-state index contributed by atoms with van der Waals surface area (Å²) >= 11 is 1.97. The number of imidazole rings is 1. The molecule has 6 aromatic carbocycles. The summed E-state index contributed by atoms with van der Waals surface area (Å²) in [6, 6.07) is 48.1. The number of nitrogens with zero attached hydrogens (tertiary/aromatic N) is 2. The Labute approximate surface area is 261 Å². The van der Waals surface area contributed by atoms with Crippen molar-refractivity contribution in [3.63, 3.8) is 0 Å². The monoisotopic (exact) mass is 580 g/mol. The van der Waals surface area contributed by atoms with Gasteiger partial charge in [0.25, 0.3) is 0 Å². The molecular formula is C41H28N2S. The number of aromatic nitrogens is 2. The number of hydrogen-bond acceptors (Lipinski definition) is 2. The first kappa shape index (κ1) is 25.4. The van der Waals surface area contributed by atoms with E-state index in [0.29, 0.717) is 11.2 Å². The molecule has 1 aromatic heterocycles. The van der Waals surface area contributed by atoms with Gasteiger partial charge in [-0.25, -0.2) is 4.98 Å². The minimum atomic E-state index is 0.392. The first-order valence-electron chi connectivity index (χ1n) is 15.1. The molecule has 0 fully saturated rings. The van der Waals surface area contributed by atoms with E-state index in [1.165, 1.54) is 49.0 Å². The van der Waals surface area contributed by atoms with Crippen molar-refractivity contribution in [3.05, 3.63) is 163 Å². The van der Waals surface area contributed by atoms with Crippen molar-refractivity contribution >= 4 is 33.6 Å². The van der Waals surface area contributed by atoms with Gasteiger partial charge in [-0.1, -0.05) is 140 Å². The van der Waals surface area contributed by atoms with E-state index in [9.17, 15) is 0 Å². The summed E-state index contributed by atoms with van der Waals surface area (Å²) in [5.74, 6) is 1.38. The van der Waals surface area contributed by atoms with Gasteiger partial charge in [0.1, 0.15) is 5.82 Å². The molecule has 0 amide bonds. The summed E-state index contributed by atoms with van der Waals surface area (Å²) in [7, 11) is 0. The average molecular weight is 581 g/mol. The van der Waals surface area contributed by atoms with E-state index < -0.39 is 0 Å². The smallest absolute Gasteiger partial charge is 0.146 e. The summed E-state index contributed by atoms with van der Waals surface area (Å²) in [6.45, 7) is 0. The molecule has 2 atom stereocenters. The third-order valence-electron chi connectivity index (χ3n) is 8.96. The van der Waals surface area contributed by atoms with Crippen LogP contribution >= 0.6 is 11.8 Å². The molecule has 3 heteroatoms. The third-order valence-corrected chi connectivity index (χ3v) is 10.4. The number of hydrogen-bond donors (Lipinski definition) is 0. The highest BCUT2D eigenvalue weighted by atomic mass is 32.2. The van der Waals surface area contributed by atoms with E-state index in [4.69, 9.17) is 4.98 Å². The summed E-state index contributed by atoms with van der Waals surface area (Å²) < 4.78 is 2.41. The topological polar surface area (TPSA) is 17.8 Å². The Morgan fingerprint density at radius 3 is 2.23 bits per heavy atom. The van der Waals surface area contributed by atoms with Crippen LogP contribution in [0, 0.1) is 0 Å². The summed E-state index contributed by atoms with van der Waals surface area (Å²) in [6.07, 6.45) is 9.05.